The summed E-state index contributed by atoms with van der Waals surface area (Å²) in [7, 11) is 0. The number of hydroxylamine groups is 1. The van der Waals surface area contributed by atoms with Gasteiger partial charge in [0.1, 0.15) is 24.5 Å². The number of benzene rings is 1. The van der Waals surface area contributed by atoms with E-state index in [4.69, 9.17) is 31.9 Å². The van der Waals surface area contributed by atoms with Crippen LogP contribution in [0.25, 0.3) is 0 Å². The van der Waals surface area contributed by atoms with Crippen molar-refractivity contribution in [3.05, 3.63) is 52.3 Å². The van der Waals surface area contributed by atoms with Gasteiger partial charge >= 0.3 is 0 Å². The van der Waals surface area contributed by atoms with Crippen LogP contribution in [0.2, 0.25) is 5.02 Å². The summed E-state index contributed by atoms with van der Waals surface area (Å²) in [5.74, 6) is -3.76. The summed E-state index contributed by atoms with van der Waals surface area (Å²) < 4.78 is 28.2. The molecule has 0 aliphatic heterocycles. The van der Waals surface area contributed by atoms with E-state index >= 15 is 0 Å². The number of amides is 1. The highest BCUT2D eigenvalue weighted by atomic mass is 35.5. The summed E-state index contributed by atoms with van der Waals surface area (Å²) in [6.45, 7) is -1.02. The van der Waals surface area contributed by atoms with Crippen LogP contribution in [0, 0.1) is 23.0 Å². The molecule has 27 heavy (non-hydrogen) atoms. The van der Waals surface area contributed by atoms with Gasteiger partial charge in [-0.05, 0) is 18.2 Å². The first-order chi connectivity index (χ1) is 12.9. The summed E-state index contributed by atoms with van der Waals surface area (Å²) >= 11 is 5.60. The molecule has 0 aliphatic rings. The number of aliphatic hydroxyl groups is 2. The molecule has 1 atom stereocenters. The molecule has 1 aromatic heterocycles. The van der Waals surface area contributed by atoms with Crippen LogP contribution in [0.4, 0.5) is 20.2 Å². The molecule has 1 unspecified atom stereocenters. The van der Waals surface area contributed by atoms with E-state index < -0.39 is 47.6 Å². The highest BCUT2D eigenvalue weighted by molar-refractivity contribution is 6.31. The largest absolute Gasteiger partial charge is 0.394 e. The normalized spacial score (nSPS) is 11.6. The van der Waals surface area contributed by atoms with E-state index in [9.17, 15) is 13.6 Å². The third-order valence-corrected chi connectivity index (χ3v) is 3.48. The molecule has 0 saturated carbocycles. The van der Waals surface area contributed by atoms with Gasteiger partial charge in [-0.1, -0.05) is 11.6 Å². The zero-order valence-corrected chi connectivity index (χ0v) is 14.3. The van der Waals surface area contributed by atoms with Crippen molar-refractivity contribution in [2.45, 2.75) is 6.10 Å². The molecule has 0 saturated heterocycles. The summed E-state index contributed by atoms with van der Waals surface area (Å²) in [6.07, 6.45) is -0.0403. The lowest BCUT2D eigenvalue weighted by Gasteiger charge is -2.15. The Hall–Kier alpha value is -2.84. The summed E-state index contributed by atoms with van der Waals surface area (Å²) in [5, 5.41) is 28.4. The summed E-state index contributed by atoms with van der Waals surface area (Å²) in [4.78, 5) is 20.7. The zero-order valence-electron chi connectivity index (χ0n) is 13.5. The quantitative estimate of drug-likeness (QED) is 0.412. The summed E-state index contributed by atoms with van der Waals surface area (Å²) in [5.41, 5.74) is 1.29. The van der Waals surface area contributed by atoms with Crippen LogP contribution in [0.3, 0.4) is 0 Å². The number of nitrogens with zero attached hydrogens (tertiary/aromatic N) is 2. The summed E-state index contributed by atoms with van der Waals surface area (Å²) in [6, 6.07) is 5.41. The van der Waals surface area contributed by atoms with Crippen molar-refractivity contribution < 1.29 is 28.6 Å². The maximum atomic E-state index is 14.3. The molecule has 1 aromatic carbocycles. The maximum absolute atomic E-state index is 14.3. The fourth-order valence-corrected chi connectivity index (χ4v) is 2.08. The van der Waals surface area contributed by atoms with E-state index in [1.807, 2.05) is 5.48 Å². The van der Waals surface area contributed by atoms with Gasteiger partial charge in [0.2, 0.25) is 0 Å². The molecule has 11 heteroatoms. The fourth-order valence-electron chi connectivity index (χ4n) is 1.89. The number of pyridine rings is 1. The molecular formula is C16H13ClF2N4O4. The van der Waals surface area contributed by atoms with E-state index in [0.717, 1.165) is 6.07 Å². The van der Waals surface area contributed by atoms with Crippen LogP contribution in [0.5, 0.6) is 0 Å². The SMILES string of the molecule is N#Cc1ccc(Nc2c(C(=O)NOCC(O)CO)cc(Cl)c(F)c2F)cn1. The van der Waals surface area contributed by atoms with Crippen LogP contribution in [-0.2, 0) is 4.84 Å². The molecule has 0 fully saturated rings. The van der Waals surface area contributed by atoms with Crippen molar-refractivity contribution in [2.75, 3.05) is 18.5 Å². The van der Waals surface area contributed by atoms with Crippen molar-refractivity contribution in [3.8, 4) is 6.07 Å². The highest BCUT2D eigenvalue weighted by Crippen LogP contribution is 2.31. The van der Waals surface area contributed by atoms with Crippen LogP contribution >= 0.6 is 11.6 Å². The van der Waals surface area contributed by atoms with Crippen molar-refractivity contribution in [3.63, 3.8) is 0 Å². The maximum Gasteiger partial charge on any atom is 0.277 e. The molecular weight excluding hydrogens is 386 g/mol. The van der Waals surface area contributed by atoms with Crippen molar-refractivity contribution in [1.82, 2.24) is 10.5 Å². The second kappa shape index (κ2) is 9.20. The average Bonchev–Trinajstić information content (AvgIpc) is 2.68. The van der Waals surface area contributed by atoms with Gasteiger partial charge in [0, 0.05) is 0 Å². The molecule has 0 radical (unpaired) electrons. The predicted molar refractivity (Wildman–Crippen MR) is 90.1 cm³/mol. The minimum atomic E-state index is -1.41. The Bertz CT molecular complexity index is 874. The van der Waals surface area contributed by atoms with Crippen LogP contribution in [0.15, 0.2) is 24.4 Å². The molecule has 0 spiro atoms. The third kappa shape index (κ3) is 5.08. The standard InChI is InChI=1S/C16H13ClF2N4O4/c17-12-3-11(16(26)23-27-7-10(25)6-24)15(14(19)13(12)18)22-9-2-1-8(4-20)21-5-9/h1-3,5,10,22,24-25H,6-7H2,(H,23,26). The molecule has 142 valence electrons. The number of carbonyl (C=O) groups excluding carboxylic acids is 1. The molecule has 0 aliphatic carbocycles. The number of carbonyl (C=O) groups is 1. The van der Waals surface area contributed by atoms with Crippen molar-refractivity contribution in [1.29, 1.82) is 5.26 Å². The molecule has 1 amide bonds. The van der Waals surface area contributed by atoms with Gasteiger partial charge in [-0.3, -0.25) is 9.63 Å². The Morgan fingerprint density at radius 2 is 2.15 bits per heavy atom. The lowest BCUT2D eigenvalue weighted by molar-refractivity contribution is -0.0295. The molecule has 4 N–H and O–H groups in total. The monoisotopic (exact) mass is 398 g/mol. The Morgan fingerprint density at radius 1 is 1.41 bits per heavy atom. The Balaban J connectivity index is 2.30. The van der Waals surface area contributed by atoms with Gasteiger partial charge in [-0.2, -0.15) is 5.26 Å². The second-order valence-electron chi connectivity index (χ2n) is 5.16. The molecule has 0 bridgehead atoms. The first-order valence-corrected chi connectivity index (χ1v) is 7.76. The molecule has 2 aromatic rings. The smallest absolute Gasteiger partial charge is 0.277 e. The first-order valence-electron chi connectivity index (χ1n) is 7.39. The highest BCUT2D eigenvalue weighted by Gasteiger charge is 2.22. The number of hydrogen-bond donors (Lipinski definition) is 4. The van der Waals surface area contributed by atoms with Gasteiger partial charge in [0.15, 0.2) is 11.6 Å². The van der Waals surface area contributed by atoms with Crippen LogP contribution < -0.4 is 10.8 Å². The molecule has 2 rings (SSSR count). The minimum absolute atomic E-state index is 0.108. The average molecular weight is 399 g/mol. The minimum Gasteiger partial charge on any atom is -0.394 e. The number of halogens is 3. The Kier molecular flexibility index (Phi) is 6.98. The second-order valence-corrected chi connectivity index (χ2v) is 5.56. The molecule has 8 nitrogen and oxygen atoms in total. The van der Waals surface area contributed by atoms with Crippen LogP contribution in [0.1, 0.15) is 16.1 Å². The van der Waals surface area contributed by atoms with Gasteiger partial charge in [0.25, 0.3) is 5.91 Å². The Labute approximate surface area is 156 Å². The topological polar surface area (TPSA) is 128 Å². The van der Waals surface area contributed by atoms with E-state index in [-0.39, 0.29) is 16.9 Å². The van der Waals surface area contributed by atoms with Gasteiger partial charge in [0.05, 0.1) is 34.8 Å². The van der Waals surface area contributed by atoms with E-state index in [1.165, 1.54) is 18.3 Å². The van der Waals surface area contributed by atoms with Gasteiger partial charge in [-0.15, -0.1) is 0 Å². The number of nitriles is 1. The number of hydrogen-bond acceptors (Lipinski definition) is 7. The molecule has 1 heterocycles. The van der Waals surface area contributed by atoms with Crippen molar-refractivity contribution in [2.24, 2.45) is 0 Å². The van der Waals surface area contributed by atoms with E-state index in [1.54, 1.807) is 6.07 Å². The number of rotatable bonds is 7. The van der Waals surface area contributed by atoms with E-state index in [0.29, 0.717) is 0 Å². The predicted octanol–water partition coefficient (Wildman–Crippen LogP) is 1.64. The fraction of sp³-hybridized carbons (Fsp3) is 0.188. The van der Waals surface area contributed by atoms with Gasteiger partial charge in [-0.25, -0.2) is 19.2 Å². The number of aliphatic hydroxyl groups excluding tert-OH is 2. The Morgan fingerprint density at radius 3 is 2.74 bits per heavy atom. The lowest BCUT2D eigenvalue weighted by Crippen LogP contribution is -2.30. The number of anilines is 2. The van der Waals surface area contributed by atoms with Gasteiger partial charge < -0.3 is 15.5 Å². The zero-order chi connectivity index (χ0) is 20.0. The third-order valence-electron chi connectivity index (χ3n) is 3.21. The number of nitrogens with one attached hydrogen (secondary N) is 2. The van der Waals surface area contributed by atoms with Crippen LogP contribution in [-0.4, -0.2) is 40.4 Å². The lowest BCUT2D eigenvalue weighted by atomic mass is 10.1. The first kappa shape index (κ1) is 20.5. The van der Waals surface area contributed by atoms with E-state index in [2.05, 4.69) is 10.3 Å². The number of aromatic nitrogens is 1. The van der Waals surface area contributed by atoms with Crippen molar-refractivity contribution >= 4 is 28.9 Å².